The van der Waals surface area contributed by atoms with Crippen LogP contribution < -0.4 is 5.32 Å². The topological polar surface area (TPSA) is 17.0 Å². The van der Waals surface area contributed by atoms with Crippen LogP contribution in [0.2, 0.25) is 0 Å². The van der Waals surface area contributed by atoms with Gasteiger partial charge in [0.05, 0.1) is 16.7 Å². The highest BCUT2D eigenvalue weighted by Gasteiger charge is 2.15. The van der Waals surface area contributed by atoms with E-state index in [9.17, 15) is 0 Å². The van der Waals surface area contributed by atoms with Crippen molar-refractivity contribution in [3.05, 3.63) is 176 Å². The lowest BCUT2D eigenvalue weighted by Crippen LogP contribution is -1.97. The molecule has 0 bridgehead atoms. The first-order chi connectivity index (χ1) is 21.8. The van der Waals surface area contributed by atoms with Crippen molar-refractivity contribution in [3.63, 3.8) is 0 Å². The molecule has 8 rings (SSSR count). The van der Waals surface area contributed by atoms with Crippen molar-refractivity contribution in [1.82, 2.24) is 4.57 Å². The summed E-state index contributed by atoms with van der Waals surface area (Å²) in [5.74, 6) is 0. The third-order valence-corrected chi connectivity index (χ3v) is 8.40. The second-order valence-electron chi connectivity index (χ2n) is 11.1. The van der Waals surface area contributed by atoms with Crippen molar-refractivity contribution in [2.75, 3.05) is 5.32 Å². The molecular weight excluding hydrogens is 532 g/mol. The molecular formula is C42H30N2. The molecule has 0 amide bonds. The predicted molar refractivity (Wildman–Crippen MR) is 187 cm³/mol. The van der Waals surface area contributed by atoms with E-state index in [0.717, 1.165) is 11.4 Å². The molecule has 0 saturated heterocycles. The van der Waals surface area contributed by atoms with E-state index in [2.05, 4.69) is 180 Å². The molecule has 0 fully saturated rings. The average Bonchev–Trinajstić information content (AvgIpc) is 3.44. The first-order valence-corrected chi connectivity index (χ1v) is 15.0. The largest absolute Gasteiger partial charge is 0.356 e. The Bertz CT molecular complexity index is 2170. The van der Waals surface area contributed by atoms with Crippen molar-refractivity contribution >= 4 is 33.2 Å². The van der Waals surface area contributed by atoms with Gasteiger partial charge in [-0.05, 0) is 76.3 Å². The smallest absolute Gasteiger partial charge is 0.0541 e. The molecule has 2 heteroatoms. The van der Waals surface area contributed by atoms with Crippen LogP contribution in [-0.2, 0) is 0 Å². The molecule has 8 aromatic rings. The van der Waals surface area contributed by atoms with Gasteiger partial charge >= 0.3 is 0 Å². The quantitative estimate of drug-likeness (QED) is 0.213. The fourth-order valence-corrected chi connectivity index (χ4v) is 6.25. The van der Waals surface area contributed by atoms with Gasteiger partial charge in [0.25, 0.3) is 0 Å². The van der Waals surface area contributed by atoms with E-state index < -0.39 is 0 Å². The SMILES string of the molecule is c1ccc(-c2ccc(Nc3ccc(-c4cccc(-c5ccccc5-n5c6ccccc6c6ccccc65)c4)cc3)cc2)cc1. The van der Waals surface area contributed by atoms with E-state index in [4.69, 9.17) is 0 Å². The van der Waals surface area contributed by atoms with Crippen LogP contribution >= 0.6 is 0 Å². The maximum absolute atomic E-state index is 3.55. The first kappa shape index (κ1) is 25.8. The summed E-state index contributed by atoms with van der Waals surface area (Å²) in [4.78, 5) is 0. The normalized spacial score (nSPS) is 11.2. The Hall–Kier alpha value is -5.86. The van der Waals surface area contributed by atoms with Gasteiger partial charge in [-0.1, -0.05) is 127 Å². The summed E-state index contributed by atoms with van der Waals surface area (Å²) in [5, 5.41) is 6.09. The van der Waals surface area contributed by atoms with Crippen molar-refractivity contribution in [2.24, 2.45) is 0 Å². The molecule has 7 aromatic carbocycles. The maximum Gasteiger partial charge on any atom is 0.0541 e. The number of fused-ring (bicyclic) bond motifs is 3. The number of nitrogens with zero attached hydrogens (tertiary/aromatic N) is 1. The molecule has 44 heavy (non-hydrogen) atoms. The van der Waals surface area contributed by atoms with Crippen molar-refractivity contribution in [1.29, 1.82) is 0 Å². The number of aromatic nitrogens is 1. The lowest BCUT2D eigenvalue weighted by molar-refractivity contribution is 1.18. The second-order valence-corrected chi connectivity index (χ2v) is 11.1. The Kier molecular flexibility index (Phi) is 6.51. The molecule has 208 valence electrons. The third-order valence-electron chi connectivity index (χ3n) is 8.40. The highest BCUT2D eigenvalue weighted by molar-refractivity contribution is 6.09. The first-order valence-electron chi connectivity index (χ1n) is 15.0. The van der Waals surface area contributed by atoms with Crippen molar-refractivity contribution < 1.29 is 0 Å². The van der Waals surface area contributed by atoms with Gasteiger partial charge in [0, 0.05) is 27.7 Å². The predicted octanol–water partition coefficient (Wildman–Crippen LogP) is 11.5. The van der Waals surface area contributed by atoms with E-state index >= 15 is 0 Å². The second kappa shape index (κ2) is 11.1. The zero-order chi connectivity index (χ0) is 29.3. The summed E-state index contributed by atoms with van der Waals surface area (Å²) >= 11 is 0. The van der Waals surface area contributed by atoms with E-state index in [0.29, 0.717) is 0 Å². The van der Waals surface area contributed by atoms with Gasteiger partial charge in [0.15, 0.2) is 0 Å². The Morgan fingerprint density at radius 3 is 1.48 bits per heavy atom. The molecule has 0 unspecified atom stereocenters. The van der Waals surface area contributed by atoms with E-state index in [1.165, 1.54) is 60.9 Å². The number of para-hydroxylation sites is 3. The summed E-state index contributed by atoms with van der Waals surface area (Å²) < 4.78 is 2.40. The van der Waals surface area contributed by atoms with Gasteiger partial charge < -0.3 is 9.88 Å². The molecule has 1 N–H and O–H groups in total. The Morgan fingerprint density at radius 1 is 0.341 bits per heavy atom. The molecule has 0 spiro atoms. The van der Waals surface area contributed by atoms with Gasteiger partial charge in [0.1, 0.15) is 0 Å². The summed E-state index contributed by atoms with van der Waals surface area (Å²) in [7, 11) is 0. The van der Waals surface area contributed by atoms with Crippen LogP contribution in [0.25, 0.3) is 60.9 Å². The zero-order valence-electron chi connectivity index (χ0n) is 24.2. The van der Waals surface area contributed by atoms with Gasteiger partial charge in [-0.25, -0.2) is 0 Å². The van der Waals surface area contributed by atoms with Crippen molar-refractivity contribution in [2.45, 2.75) is 0 Å². The van der Waals surface area contributed by atoms with Gasteiger partial charge in [0.2, 0.25) is 0 Å². The Morgan fingerprint density at radius 2 is 0.818 bits per heavy atom. The molecule has 2 nitrogen and oxygen atoms in total. The standard InChI is InChI=1S/C42H30N2/c1-2-11-30(12-3-1)31-21-25-35(26-22-31)43-36-27-23-32(24-28-36)33-13-10-14-34(29-33)37-15-4-7-18-40(37)44-41-19-8-5-16-38(41)39-17-6-9-20-42(39)44/h1-29,43H. The van der Waals surface area contributed by atoms with Crippen LogP contribution in [0.1, 0.15) is 0 Å². The van der Waals surface area contributed by atoms with Gasteiger partial charge in [-0.15, -0.1) is 0 Å². The van der Waals surface area contributed by atoms with Crippen LogP contribution in [0.5, 0.6) is 0 Å². The number of hydrogen-bond donors (Lipinski definition) is 1. The minimum absolute atomic E-state index is 1.06. The number of hydrogen-bond acceptors (Lipinski definition) is 1. The van der Waals surface area contributed by atoms with Crippen LogP contribution in [0, 0.1) is 0 Å². The fraction of sp³-hybridized carbons (Fsp3) is 0. The monoisotopic (exact) mass is 562 g/mol. The summed E-state index contributed by atoms with van der Waals surface area (Å²) in [5.41, 5.74) is 13.0. The van der Waals surface area contributed by atoms with Crippen LogP contribution in [-0.4, -0.2) is 4.57 Å². The number of benzene rings is 7. The summed E-state index contributed by atoms with van der Waals surface area (Å²) in [6.45, 7) is 0. The third kappa shape index (κ3) is 4.73. The van der Waals surface area contributed by atoms with Gasteiger partial charge in [-0.3, -0.25) is 0 Å². The lowest BCUT2D eigenvalue weighted by Gasteiger charge is -2.15. The molecule has 0 aliphatic carbocycles. The lowest BCUT2D eigenvalue weighted by atomic mass is 9.97. The van der Waals surface area contributed by atoms with Gasteiger partial charge in [-0.2, -0.15) is 0 Å². The zero-order valence-corrected chi connectivity index (χ0v) is 24.2. The summed E-state index contributed by atoms with van der Waals surface area (Å²) in [6.07, 6.45) is 0. The molecule has 0 radical (unpaired) electrons. The van der Waals surface area contributed by atoms with E-state index in [1.807, 2.05) is 6.07 Å². The van der Waals surface area contributed by atoms with Crippen LogP contribution in [0.3, 0.4) is 0 Å². The number of anilines is 2. The fourth-order valence-electron chi connectivity index (χ4n) is 6.25. The Balaban J connectivity index is 1.10. The van der Waals surface area contributed by atoms with Crippen molar-refractivity contribution in [3.8, 4) is 39.1 Å². The summed E-state index contributed by atoms with van der Waals surface area (Å²) in [6, 6.07) is 62.7. The molecule has 0 aliphatic heterocycles. The molecule has 1 heterocycles. The van der Waals surface area contributed by atoms with E-state index in [1.54, 1.807) is 0 Å². The Labute approximate surface area is 257 Å². The van der Waals surface area contributed by atoms with E-state index in [-0.39, 0.29) is 0 Å². The molecule has 0 saturated carbocycles. The van der Waals surface area contributed by atoms with Crippen LogP contribution in [0.4, 0.5) is 11.4 Å². The minimum Gasteiger partial charge on any atom is -0.356 e. The highest BCUT2D eigenvalue weighted by atomic mass is 15.0. The van der Waals surface area contributed by atoms with Crippen LogP contribution in [0.15, 0.2) is 176 Å². The highest BCUT2D eigenvalue weighted by Crippen LogP contribution is 2.37. The minimum atomic E-state index is 1.06. The molecule has 1 aromatic heterocycles. The number of nitrogens with one attached hydrogen (secondary N) is 1. The average molecular weight is 563 g/mol. The maximum atomic E-state index is 3.55. The number of rotatable bonds is 6. The molecule has 0 aliphatic rings. The molecule has 0 atom stereocenters.